The third-order valence-corrected chi connectivity index (χ3v) is 0.984. The molecule has 0 bridgehead atoms. The van der Waals surface area contributed by atoms with Crippen molar-refractivity contribution in [2.45, 2.75) is 0 Å². The summed E-state index contributed by atoms with van der Waals surface area (Å²) in [7, 11) is 0. The zero-order valence-electron chi connectivity index (χ0n) is 5.84. The highest BCUT2D eigenvalue weighted by atomic mass is 16.1. The summed E-state index contributed by atoms with van der Waals surface area (Å²) < 4.78 is 0. The molecule has 0 heterocycles. The average Bonchev–Trinajstić information content (AvgIpc) is 1.98. The van der Waals surface area contributed by atoms with Gasteiger partial charge >= 0.3 is 0 Å². The maximum atomic E-state index is 9.83. The quantitative estimate of drug-likeness (QED) is 0.445. The molecule has 0 spiro atoms. The zero-order valence-corrected chi connectivity index (χ0v) is 5.84. The van der Waals surface area contributed by atoms with Crippen molar-refractivity contribution in [1.29, 1.82) is 0 Å². The first-order valence-corrected chi connectivity index (χ1v) is 2.96. The normalized spacial score (nSPS) is 10.2. The Kier molecular flexibility index (Phi) is 5.06. The second-order valence-corrected chi connectivity index (χ2v) is 1.68. The van der Waals surface area contributed by atoms with Crippen LogP contribution in [0.3, 0.4) is 0 Å². The summed E-state index contributed by atoms with van der Waals surface area (Å²) in [4.78, 5) is 9.83. The van der Waals surface area contributed by atoms with Crippen LogP contribution in [0.15, 0.2) is 37.0 Å². The maximum Gasteiger partial charge on any atom is 0.207 e. The number of rotatable bonds is 5. The molecule has 2 heteroatoms. The van der Waals surface area contributed by atoms with E-state index in [-0.39, 0.29) is 0 Å². The highest BCUT2D eigenvalue weighted by Gasteiger charge is 1.85. The molecule has 0 aromatic rings. The molecule has 2 nitrogen and oxygen atoms in total. The highest BCUT2D eigenvalue weighted by molar-refractivity contribution is 5.47. The molecule has 0 aliphatic carbocycles. The van der Waals surface area contributed by atoms with Crippen molar-refractivity contribution >= 4 is 6.41 Å². The van der Waals surface area contributed by atoms with E-state index < -0.39 is 0 Å². The first kappa shape index (κ1) is 8.69. The van der Waals surface area contributed by atoms with Gasteiger partial charge in [0, 0.05) is 6.54 Å². The lowest BCUT2D eigenvalue weighted by atomic mass is 10.2. The molecule has 0 aliphatic rings. The second-order valence-electron chi connectivity index (χ2n) is 1.68. The van der Waals surface area contributed by atoms with Gasteiger partial charge in [-0.25, -0.2) is 0 Å². The van der Waals surface area contributed by atoms with Gasteiger partial charge in [-0.3, -0.25) is 4.79 Å². The van der Waals surface area contributed by atoms with E-state index in [0.29, 0.717) is 13.0 Å². The Morgan fingerprint density at radius 1 is 1.50 bits per heavy atom. The Morgan fingerprint density at radius 3 is 2.60 bits per heavy atom. The van der Waals surface area contributed by atoms with E-state index in [4.69, 9.17) is 0 Å². The lowest BCUT2D eigenvalue weighted by molar-refractivity contribution is -0.109. The van der Waals surface area contributed by atoms with Crippen LogP contribution in [-0.4, -0.2) is 13.0 Å². The largest absolute Gasteiger partial charge is 0.355 e. The summed E-state index contributed by atoms with van der Waals surface area (Å²) in [5.41, 5.74) is 0.946. The monoisotopic (exact) mass is 137 g/mol. The predicted molar refractivity (Wildman–Crippen MR) is 42.5 cm³/mol. The fraction of sp³-hybridized carbons (Fsp3) is 0.125. The highest BCUT2D eigenvalue weighted by Crippen LogP contribution is 1.91. The topological polar surface area (TPSA) is 29.1 Å². The lowest BCUT2D eigenvalue weighted by Crippen LogP contribution is -2.13. The molecule has 0 rings (SSSR count). The number of amides is 1. The van der Waals surface area contributed by atoms with E-state index in [1.807, 2.05) is 0 Å². The van der Waals surface area contributed by atoms with Gasteiger partial charge in [-0.2, -0.15) is 0 Å². The van der Waals surface area contributed by atoms with E-state index in [1.165, 1.54) is 0 Å². The minimum absolute atomic E-state index is 0.513. The standard InChI is InChI=1S/C8H11NO/c1-3-5-8(4-2)6-9-7-10/h3-5,7H,1-2,6H2,(H,9,10)/b8-5+. The molecule has 0 radical (unpaired) electrons. The maximum absolute atomic E-state index is 9.83. The third kappa shape index (κ3) is 3.66. The molecular weight excluding hydrogens is 126 g/mol. The van der Waals surface area contributed by atoms with E-state index in [1.54, 1.807) is 18.2 Å². The third-order valence-electron chi connectivity index (χ3n) is 0.984. The molecule has 0 aliphatic heterocycles. The van der Waals surface area contributed by atoms with Crippen LogP contribution in [0, 0.1) is 0 Å². The van der Waals surface area contributed by atoms with Crippen molar-refractivity contribution in [2.24, 2.45) is 0 Å². The van der Waals surface area contributed by atoms with Gasteiger partial charge in [-0.1, -0.05) is 31.4 Å². The van der Waals surface area contributed by atoms with Gasteiger partial charge in [-0.05, 0) is 5.57 Å². The van der Waals surface area contributed by atoms with Crippen LogP contribution >= 0.6 is 0 Å². The fourth-order valence-electron chi connectivity index (χ4n) is 0.510. The van der Waals surface area contributed by atoms with E-state index >= 15 is 0 Å². The molecule has 0 saturated heterocycles. The van der Waals surface area contributed by atoms with Crippen molar-refractivity contribution in [1.82, 2.24) is 5.32 Å². The Hall–Kier alpha value is -1.31. The van der Waals surface area contributed by atoms with Crippen LogP contribution in [-0.2, 0) is 4.79 Å². The van der Waals surface area contributed by atoms with Crippen LogP contribution in [0.25, 0.3) is 0 Å². The fourth-order valence-corrected chi connectivity index (χ4v) is 0.510. The van der Waals surface area contributed by atoms with Crippen LogP contribution in [0.5, 0.6) is 0 Å². The van der Waals surface area contributed by atoms with Crippen LogP contribution in [0.4, 0.5) is 0 Å². The number of carbonyl (C=O) groups excluding carboxylic acids is 1. The minimum Gasteiger partial charge on any atom is -0.355 e. The molecular formula is C8H11NO. The number of hydrogen-bond donors (Lipinski definition) is 1. The Labute approximate surface area is 60.9 Å². The first-order chi connectivity index (χ1) is 4.85. The molecule has 10 heavy (non-hydrogen) atoms. The first-order valence-electron chi connectivity index (χ1n) is 2.96. The number of nitrogens with one attached hydrogen (secondary N) is 1. The summed E-state index contributed by atoms with van der Waals surface area (Å²) in [6, 6.07) is 0. The van der Waals surface area contributed by atoms with Crippen molar-refractivity contribution in [2.75, 3.05) is 6.54 Å². The van der Waals surface area contributed by atoms with Gasteiger partial charge in [0.15, 0.2) is 0 Å². The summed E-state index contributed by atoms with van der Waals surface area (Å²) in [6.45, 7) is 7.59. The number of hydrogen-bond acceptors (Lipinski definition) is 1. The number of allylic oxidation sites excluding steroid dienone is 2. The smallest absolute Gasteiger partial charge is 0.207 e. The molecule has 0 unspecified atom stereocenters. The lowest BCUT2D eigenvalue weighted by Gasteiger charge is -1.96. The molecule has 0 saturated carbocycles. The zero-order chi connectivity index (χ0) is 7.82. The van der Waals surface area contributed by atoms with Gasteiger partial charge in [0.2, 0.25) is 6.41 Å². The van der Waals surface area contributed by atoms with E-state index in [2.05, 4.69) is 18.5 Å². The van der Waals surface area contributed by atoms with Gasteiger partial charge in [-0.15, -0.1) is 0 Å². The average molecular weight is 137 g/mol. The van der Waals surface area contributed by atoms with Gasteiger partial charge in [0.1, 0.15) is 0 Å². The molecule has 1 N–H and O–H groups in total. The Morgan fingerprint density at radius 2 is 2.20 bits per heavy atom. The molecule has 54 valence electrons. The van der Waals surface area contributed by atoms with Crippen LogP contribution < -0.4 is 5.32 Å². The van der Waals surface area contributed by atoms with Crippen LogP contribution in [0.2, 0.25) is 0 Å². The number of carbonyl (C=O) groups is 1. The molecule has 0 aromatic carbocycles. The van der Waals surface area contributed by atoms with Crippen LogP contribution in [0.1, 0.15) is 0 Å². The molecule has 0 fully saturated rings. The Bertz CT molecular complexity index is 159. The summed E-state index contributed by atoms with van der Waals surface area (Å²) in [5.74, 6) is 0. The van der Waals surface area contributed by atoms with Crippen molar-refractivity contribution in [3.8, 4) is 0 Å². The minimum atomic E-state index is 0.513. The van der Waals surface area contributed by atoms with Crippen molar-refractivity contribution in [3.05, 3.63) is 37.0 Å². The van der Waals surface area contributed by atoms with Crippen molar-refractivity contribution < 1.29 is 4.79 Å². The molecule has 0 atom stereocenters. The molecule has 0 aromatic heterocycles. The molecule has 1 amide bonds. The van der Waals surface area contributed by atoms with Gasteiger partial charge < -0.3 is 5.32 Å². The Balaban J connectivity index is 3.81. The van der Waals surface area contributed by atoms with E-state index in [9.17, 15) is 4.79 Å². The second kappa shape index (κ2) is 5.82. The predicted octanol–water partition coefficient (Wildman–Crippen LogP) is 1.03. The van der Waals surface area contributed by atoms with Gasteiger partial charge in [0.05, 0.1) is 0 Å². The summed E-state index contributed by atoms with van der Waals surface area (Å²) in [5, 5.41) is 2.52. The van der Waals surface area contributed by atoms with E-state index in [0.717, 1.165) is 5.57 Å². The summed E-state index contributed by atoms with van der Waals surface area (Å²) >= 11 is 0. The summed E-state index contributed by atoms with van der Waals surface area (Å²) in [6.07, 6.45) is 5.78. The SMILES string of the molecule is C=C/C=C(\C=C)CNC=O. The van der Waals surface area contributed by atoms with Gasteiger partial charge in [0.25, 0.3) is 0 Å². The van der Waals surface area contributed by atoms with Crippen molar-refractivity contribution in [3.63, 3.8) is 0 Å².